The van der Waals surface area contributed by atoms with Gasteiger partial charge in [-0.25, -0.2) is 5.43 Å². The Hall–Kier alpha value is -3.74. The number of halogens is 2. The molecule has 0 unspecified atom stereocenters. The van der Waals surface area contributed by atoms with E-state index in [-0.39, 0.29) is 5.91 Å². The summed E-state index contributed by atoms with van der Waals surface area (Å²) in [7, 11) is 0. The molecule has 5 rings (SSSR count). The van der Waals surface area contributed by atoms with Crippen LogP contribution in [0.4, 0.5) is 0 Å². The van der Waals surface area contributed by atoms with Crippen molar-refractivity contribution in [2.45, 2.75) is 0 Å². The summed E-state index contributed by atoms with van der Waals surface area (Å²) in [5.74, 6) is -0.274. The van der Waals surface area contributed by atoms with Gasteiger partial charge >= 0.3 is 0 Å². The van der Waals surface area contributed by atoms with Gasteiger partial charge < -0.3 is 4.57 Å². The molecule has 0 fully saturated rings. The molecule has 6 heteroatoms. The first-order valence-corrected chi connectivity index (χ1v) is 12.9. The Morgan fingerprint density at radius 3 is 2.06 bits per heavy atom. The average Bonchev–Trinajstić information content (AvgIpc) is 3.29. The lowest BCUT2D eigenvalue weighted by Gasteiger charge is -2.15. The van der Waals surface area contributed by atoms with E-state index in [4.69, 9.17) is 0 Å². The van der Waals surface area contributed by atoms with Gasteiger partial charge in [0.25, 0.3) is 5.91 Å². The number of amides is 1. The molecule has 0 spiro atoms. The van der Waals surface area contributed by atoms with Gasteiger partial charge in [-0.3, -0.25) is 4.79 Å². The Bertz CT molecular complexity index is 1530. The fraction of sp³-hybridized carbons (Fsp3) is 0. The molecule has 0 saturated heterocycles. The molecule has 4 aromatic carbocycles. The highest BCUT2D eigenvalue weighted by Crippen LogP contribution is 2.35. The summed E-state index contributed by atoms with van der Waals surface area (Å²) in [5.41, 5.74) is 9.23. The number of carbonyl (C=O) groups excluding carboxylic acids is 1. The smallest absolute Gasteiger partial charge is 0.271 e. The first-order valence-electron chi connectivity index (χ1n) is 11.3. The SMILES string of the molecule is O=C(NN=Cc1cc(-c2ccccc2)n(-c2ccc(Br)cc2)c1-c1ccccc1)c1cccc(Br)c1. The Kier molecular flexibility index (Phi) is 7.26. The van der Waals surface area contributed by atoms with Crippen molar-refractivity contribution in [3.63, 3.8) is 0 Å². The highest BCUT2D eigenvalue weighted by atomic mass is 79.9. The zero-order valence-corrected chi connectivity index (χ0v) is 22.3. The van der Waals surface area contributed by atoms with E-state index in [1.54, 1.807) is 18.3 Å². The molecule has 0 radical (unpaired) electrons. The van der Waals surface area contributed by atoms with Gasteiger partial charge in [0.15, 0.2) is 0 Å². The molecule has 1 heterocycles. The number of nitrogens with one attached hydrogen (secondary N) is 1. The molecule has 36 heavy (non-hydrogen) atoms. The fourth-order valence-electron chi connectivity index (χ4n) is 4.05. The van der Waals surface area contributed by atoms with Crippen LogP contribution in [0.15, 0.2) is 129 Å². The van der Waals surface area contributed by atoms with Gasteiger partial charge in [-0.1, -0.05) is 98.6 Å². The lowest BCUT2D eigenvalue weighted by atomic mass is 10.1. The molecular weight excluding hydrogens is 578 g/mol. The van der Waals surface area contributed by atoms with Crippen LogP contribution in [-0.2, 0) is 0 Å². The van der Waals surface area contributed by atoms with E-state index in [0.29, 0.717) is 5.56 Å². The number of rotatable bonds is 6. The van der Waals surface area contributed by atoms with Crippen LogP contribution in [0.2, 0.25) is 0 Å². The third kappa shape index (κ3) is 5.25. The number of benzene rings is 4. The van der Waals surface area contributed by atoms with E-state index in [2.05, 4.69) is 89.4 Å². The van der Waals surface area contributed by atoms with Crippen molar-refractivity contribution in [1.29, 1.82) is 0 Å². The predicted molar refractivity (Wildman–Crippen MR) is 154 cm³/mol. The Morgan fingerprint density at radius 2 is 1.39 bits per heavy atom. The minimum Gasteiger partial charge on any atom is -0.309 e. The van der Waals surface area contributed by atoms with Crippen LogP contribution >= 0.6 is 31.9 Å². The second kappa shape index (κ2) is 10.9. The van der Waals surface area contributed by atoms with E-state index in [1.807, 2.05) is 60.7 Å². The van der Waals surface area contributed by atoms with Gasteiger partial charge in [0.2, 0.25) is 0 Å². The second-order valence-corrected chi connectivity index (χ2v) is 9.92. The zero-order valence-electron chi connectivity index (χ0n) is 19.1. The highest BCUT2D eigenvalue weighted by Gasteiger charge is 2.18. The van der Waals surface area contributed by atoms with Crippen molar-refractivity contribution in [1.82, 2.24) is 9.99 Å². The van der Waals surface area contributed by atoms with Gasteiger partial charge in [-0.15, -0.1) is 0 Å². The number of hydrogen-bond donors (Lipinski definition) is 1. The molecule has 0 aliphatic carbocycles. The molecular formula is C30H21Br2N3O. The van der Waals surface area contributed by atoms with Gasteiger partial charge in [0.1, 0.15) is 0 Å². The standard InChI is InChI=1S/C30H21Br2N3O/c31-25-14-16-27(17-15-25)35-28(21-8-3-1-4-9-21)19-24(29(35)22-10-5-2-6-11-22)20-33-34-30(36)23-12-7-13-26(32)18-23/h1-20H,(H,34,36). The van der Waals surface area contributed by atoms with E-state index in [1.165, 1.54) is 0 Å². The molecule has 0 atom stereocenters. The number of hydrazone groups is 1. The maximum atomic E-state index is 12.6. The van der Waals surface area contributed by atoms with Crippen molar-refractivity contribution >= 4 is 44.0 Å². The van der Waals surface area contributed by atoms with Crippen molar-refractivity contribution in [3.8, 4) is 28.2 Å². The summed E-state index contributed by atoms with van der Waals surface area (Å²) in [6.45, 7) is 0. The maximum absolute atomic E-state index is 12.6. The summed E-state index contributed by atoms with van der Waals surface area (Å²) >= 11 is 6.95. The molecule has 0 bridgehead atoms. The summed E-state index contributed by atoms with van der Waals surface area (Å²) < 4.78 is 4.08. The maximum Gasteiger partial charge on any atom is 0.271 e. The fourth-order valence-corrected chi connectivity index (χ4v) is 4.72. The molecule has 4 nitrogen and oxygen atoms in total. The summed E-state index contributed by atoms with van der Waals surface area (Å²) in [6, 6.07) is 38.0. The predicted octanol–water partition coefficient (Wildman–Crippen LogP) is 8.10. The van der Waals surface area contributed by atoms with Crippen molar-refractivity contribution in [2.24, 2.45) is 5.10 Å². The molecule has 5 aromatic rings. The van der Waals surface area contributed by atoms with Crippen LogP contribution in [0, 0.1) is 0 Å². The van der Waals surface area contributed by atoms with Gasteiger partial charge in [-0.05, 0) is 59.7 Å². The quantitative estimate of drug-likeness (QED) is 0.156. The zero-order chi connectivity index (χ0) is 24.9. The van der Waals surface area contributed by atoms with Crippen LogP contribution in [0.1, 0.15) is 15.9 Å². The Labute approximate surface area is 226 Å². The summed E-state index contributed by atoms with van der Waals surface area (Å²) in [6.07, 6.45) is 1.71. The molecule has 0 aliphatic rings. The number of aromatic nitrogens is 1. The largest absolute Gasteiger partial charge is 0.309 e. The van der Waals surface area contributed by atoms with E-state index in [0.717, 1.165) is 42.7 Å². The van der Waals surface area contributed by atoms with E-state index in [9.17, 15) is 4.79 Å². The number of nitrogens with zero attached hydrogens (tertiary/aromatic N) is 2. The van der Waals surface area contributed by atoms with Gasteiger partial charge in [0, 0.05) is 25.8 Å². The van der Waals surface area contributed by atoms with Crippen LogP contribution in [0.25, 0.3) is 28.2 Å². The average molecular weight is 599 g/mol. The van der Waals surface area contributed by atoms with Crippen molar-refractivity contribution in [3.05, 3.63) is 135 Å². The molecule has 1 N–H and O–H groups in total. The second-order valence-electron chi connectivity index (χ2n) is 8.09. The normalized spacial score (nSPS) is 11.1. The van der Waals surface area contributed by atoms with Crippen LogP contribution in [0.3, 0.4) is 0 Å². The minimum absolute atomic E-state index is 0.274. The monoisotopic (exact) mass is 597 g/mol. The summed E-state index contributed by atoms with van der Waals surface area (Å²) in [5, 5.41) is 4.33. The lowest BCUT2D eigenvalue weighted by molar-refractivity contribution is 0.0955. The van der Waals surface area contributed by atoms with Gasteiger partial charge in [-0.2, -0.15) is 5.10 Å². The summed E-state index contributed by atoms with van der Waals surface area (Å²) in [4.78, 5) is 12.6. The third-order valence-corrected chi connectivity index (χ3v) is 6.71. The van der Waals surface area contributed by atoms with Gasteiger partial charge in [0.05, 0.1) is 17.6 Å². The first kappa shape index (κ1) is 24.0. The van der Waals surface area contributed by atoms with Crippen LogP contribution < -0.4 is 5.43 Å². The highest BCUT2D eigenvalue weighted by molar-refractivity contribution is 9.10. The van der Waals surface area contributed by atoms with E-state index >= 15 is 0 Å². The van der Waals surface area contributed by atoms with Crippen LogP contribution in [-0.4, -0.2) is 16.7 Å². The molecule has 0 aliphatic heterocycles. The lowest BCUT2D eigenvalue weighted by Crippen LogP contribution is -2.17. The number of carbonyl (C=O) groups is 1. The minimum atomic E-state index is -0.274. The number of hydrogen-bond acceptors (Lipinski definition) is 2. The first-order chi connectivity index (χ1) is 17.6. The third-order valence-electron chi connectivity index (χ3n) is 5.69. The molecule has 0 saturated carbocycles. The van der Waals surface area contributed by atoms with Crippen molar-refractivity contribution < 1.29 is 4.79 Å². The molecule has 1 aromatic heterocycles. The molecule has 1 amide bonds. The van der Waals surface area contributed by atoms with Crippen molar-refractivity contribution in [2.75, 3.05) is 0 Å². The Morgan fingerprint density at radius 1 is 0.722 bits per heavy atom. The van der Waals surface area contributed by atoms with Crippen LogP contribution in [0.5, 0.6) is 0 Å². The Balaban J connectivity index is 1.63. The van der Waals surface area contributed by atoms with E-state index < -0.39 is 0 Å². The topological polar surface area (TPSA) is 46.4 Å². The molecule has 176 valence electrons.